The topological polar surface area (TPSA) is 64.5 Å². The molecule has 0 bridgehead atoms. The third-order valence-electron chi connectivity index (χ3n) is 21.5. The summed E-state index contributed by atoms with van der Waals surface area (Å²) >= 11 is 0. The van der Waals surface area contributed by atoms with Gasteiger partial charge in [0.15, 0.2) is 0 Å². The fourth-order valence-electron chi connectivity index (χ4n) is 17.3. The summed E-state index contributed by atoms with van der Waals surface area (Å²) in [7, 11) is 0. The van der Waals surface area contributed by atoms with Gasteiger partial charge in [-0.25, -0.2) is 0 Å². The molecule has 0 radical (unpaired) electrons. The average molecular weight is 1300 g/mol. The van der Waals surface area contributed by atoms with Crippen molar-refractivity contribution in [1.29, 1.82) is 0 Å². The zero-order valence-electron chi connectivity index (χ0n) is 60.2. The van der Waals surface area contributed by atoms with Crippen LogP contribution in [0, 0.1) is 111 Å². The molecule has 490 valence electrons. The number of anilines is 12. The summed E-state index contributed by atoms with van der Waals surface area (Å²) in [5.41, 5.74) is 35.3. The molecule has 0 atom stereocenters. The van der Waals surface area contributed by atoms with Crippen LogP contribution in [-0.2, 0) is 0 Å². The van der Waals surface area contributed by atoms with Crippen LogP contribution in [0.3, 0.4) is 0 Å². The third-order valence-corrected chi connectivity index (χ3v) is 21.5. The monoisotopic (exact) mass is 1300 g/mol. The molecule has 0 fully saturated rings. The maximum atomic E-state index is 5.19. The number of aryl methyl sites for hydroxylation is 16. The molecule has 100 heavy (non-hydrogen) atoms. The van der Waals surface area contributed by atoms with Crippen LogP contribution < -0.4 is 19.6 Å². The lowest BCUT2D eigenvalue weighted by atomic mass is 9.87. The smallest absolute Gasteiger partial charge is 0.0752 e. The molecule has 8 heteroatoms. The zero-order valence-corrected chi connectivity index (χ0v) is 60.2. The molecule has 0 aliphatic rings. The molecule has 0 aliphatic carbocycles. The van der Waals surface area contributed by atoms with E-state index in [1.54, 1.807) is 0 Å². The van der Waals surface area contributed by atoms with Crippen molar-refractivity contribution in [3.8, 4) is 0 Å². The van der Waals surface area contributed by atoms with Gasteiger partial charge in [-0.05, 0) is 260 Å². The van der Waals surface area contributed by atoms with E-state index in [1.807, 2.05) is 24.8 Å². The van der Waals surface area contributed by atoms with Gasteiger partial charge in [0, 0.05) is 78.6 Å². The van der Waals surface area contributed by atoms with Crippen molar-refractivity contribution in [2.45, 2.75) is 111 Å². The number of aromatic nitrogens is 4. The molecule has 16 rings (SSSR count). The summed E-state index contributed by atoms with van der Waals surface area (Å²) in [5, 5.41) is 11.2. The number of para-hydroxylation sites is 4. The van der Waals surface area contributed by atoms with Gasteiger partial charge in [-0.1, -0.05) is 121 Å². The normalized spacial score (nSPS) is 11.8. The first-order valence-corrected chi connectivity index (χ1v) is 34.9. The SMILES string of the molecule is Cc1cccc(C)c1N(c1c(C)cc2cccnc2c1C)c1cc(N(c2c(C)cccc2C)c2c(C)cc3cccnc3c2C)c2ccc3c(N(c4c(C)cccc4C)c4c(C)cc5cccnc5c4C)cc(N(c4c(C)cccc4C)c4c(C)cc5cccnc5c4C)c4ccc1c2c43. The van der Waals surface area contributed by atoms with Crippen molar-refractivity contribution in [3.05, 3.63) is 296 Å². The maximum Gasteiger partial charge on any atom is 0.0752 e. The van der Waals surface area contributed by atoms with E-state index >= 15 is 0 Å². The van der Waals surface area contributed by atoms with E-state index in [4.69, 9.17) is 19.9 Å². The molecule has 0 amide bonds. The Morgan fingerprint density at radius 1 is 0.200 bits per heavy atom. The maximum absolute atomic E-state index is 5.19. The molecule has 0 spiro atoms. The van der Waals surface area contributed by atoms with Crippen LogP contribution in [0.4, 0.5) is 68.2 Å². The van der Waals surface area contributed by atoms with Gasteiger partial charge in [-0.15, -0.1) is 0 Å². The summed E-state index contributed by atoms with van der Waals surface area (Å²) in [4.78, 5) is 31.2. The number of hydrogen-bond donors (Lipinski definition) is 0. The van der Waals surface area contributed by atoms with Gasteiger partial charge in [0.2, 0.25) is 0 Å². The second-order valence-corrected chi connectivity index (χ2v) is 28.2. The first-order valence-electron chi connectivity index (χ1n) is 34.9. The van der Waals surface area contributed by atoms with Crippen molar-refractivity contribution in [2.24, 2.45) is 0 Å². The van der Waals surface area contributed by atoms with E-state index in [1.165, 1.54) is 0 Å². The van der Waals surface area contributed by atoms with Gasteiger partial charge >= 0.3 is 0 Å². The van der Waals surface area contributed by atoms with Gasteiger partial charge in [0.25, 0.3) is 0 Å². The Labute approximate surface area is 586 Å². The Balaban J connectivity index is 1.18. The first kappa shape index (κ1) is 63.3. The van der Waals surface area contributed by atoms with Gasteiger partial charge in [-0.2, -0.15) is 0 Å². The molecule has 0 unspecified atom stereocenters. The average Bonchev–Trinajstić information content (AvgIpc) is 0.693. The van der Waals surface area contributed by atoms with Crippen LogP contribution in [0.2, 0.25) is 0 Å². The lowest BCUT2D eigenvalue weighted by Gasteiger charge is -2.38. The summed E-state index contributed by atoms with van der Waals surface area (Å²) < 4.78 is 0. The highest BCUT2D eigenvalue weighted by molar-refractivity contribution is 6.33. The molecule has 8 nitrogen and oxygen atoms in total. The Morgan fingerprint density at radius 2 is 0.400 bits per heavy atom. The minimum atomic E-state index is 0.973. The van der Waals surface area contributed by atoms with Crippen molar-refractivity contribution in [3.63, 3.8) is 0 Å². The van der Waals surface area contributed by atoms with E-state index in [2.05, 4.69) is 312 Å². The highest BCUT2D eigenvalue weighted by Crippen LogP contribution is 2.59. The fraction of sp³-hybridized carbons (Fsp3) is 0.174. The van der Waals surface area contributed by atoms with Crippen LogP contribution in [0.1, 0.15) is 89.0 Å². The summed E-state index contributed by atoms with van der Waals surface area (Å²) in [6.07, 6.45) is 7.74. The molecule has 12 aromatic carbocycles. The molecule has 0 N–H and O–H groups in total. The van der Waals surface area contributed by atoms with E-state index in [0.717, 1.165) is 233 Å². The standard InChI is InChI=1S/C92H82N8/c1-51-25-17-26-52(2)85(51)97(89-59(9)45-67-33-21-41-93-81(67)63(89)13)75-49-76(98(86-53(3)27-18-28-54(86)4)90-60(10)46-68-34-22-42-94-82(68)64(90)14)72-39-40-74-78(100(88-57(7)31-20-32-58(88)8)92-62(12)48-70-36-24-44-96-84(70)66(92)16)50-77(73-38-37-71(75)79(72)80(73)74)99(87-55(5)29-19-30-56(87)6)91-61(11)47-69-35-23-43-95-83(69)65(91)15/h17-50H,1-16H3. The van der Waals surface area contributed by atoms with E-state index in [-0.39, 0.29) is 0 Å². The van der Waals surface area contributed by atoms with E-state index in [9.17, 15) is 0 Å². The first-order chi connectivity index (χ1) is 48.3. The summed E-state index contributed by atoms with van der Waals surface area (Å²) in [6.45, 7) is 36.4. The predicted octanol–water partition coefficient (Wildman–Crippen LogP) is 25.6. The van der Waals surface area contributed by atoms with Crippen LogP contribution in [0.5, 0.6) is 0 Å². The fourth-order valence-corrected chi connectivity index (χ4v) is 17.3. The zero-order chi connectivity index (χ0) is 69.4. The van der Waals surface area contributed by atoms with Gasteiger partial charge < -0.3 is 19.6 Å². The summed E-state index contributed by atoms with van der Waals surface area (Å²) in [5.74, 6) is 0. The number of hydrogen-bond acceptors (Lipinski definition) is 8. The molecule has 0 aliphatic heterocycles. The number of fused-ring (bicyclic) bond motifs is 4. The van der Waals surface area contributed by atoms with Crippen molar-refractivity contribution in [1.82, 2.24) is 19.9 Å². The third kappa shape index (κ3) is 9.77. The largest absolute Gasteiger partial charge is 0.309 e. The Kier molecular flexibility index (Phi) is 15.3. The lowest BCUT2D eigenvalue weighted by molar-refractivity contribution is 1.17. The van der Waals surface area contributed by atoms with Crippen LogP contribution >= 0.6 is 0 Å². The molecule has 0 saturated carbocycles. The molecule has 0 saturated heterocycles. The van der Waals surface area contributed by atoms with Crippen LogP contribution in [0.25, 0.3) is 75.9 Å². The number of pyridine rings is 4. The predicted molar refractivity (Wildman–Crippen MR) is 426 cm³/mol. The molecule has 4 aromatic heterocycles. The van der Waals surface area contributed by atoms with Crippen molar-refractivity contribution < 1.29 is 0 Å². The minimum absolute atomic E-state index is 0.973. The second-order valence-electron chi connectivity index (χ2n) is 28.2. The van der Waals surface area contributed by atoms with E-state index < -0.39 is 0 Å². The number of rotatable bonds is 12. The molecular weight excluding hydrogens is 1220 g/mol. The van der Waals surface area contributed by atoms with Gasteiger partial charge in [0.1, 0.15) is 0 Å². The molecular formula is C92H82N8. The van der Waals surface area contributed by atoms with Crippen LogP contribution in [0.15, 0.2) is 207 Å². The second kappa shape index (κ2) is 24.2. The Morgan fingerprint density at radius 3 is 0.600 bits per heavy atom. The van der Waals surface area contributed by atoms with Crippen molar-refractivity contribution >= 4 is 144 Å². The van der Waals surface area contributed by atoms with Crippen LogP contribution in [-0.4, -0.2) is 19.9 Å². The lowest BCUT2D eigenvalue weighted by Crippen LogP contribution is -2.20. The number of benzene rings is 12. The van der Waals surface area contributed by atoms with Crippen molar-refractivity contribution in [2.75, 3.05) is 19.6 Å². The van der Waals surface area contributed by atoms with Gasteiger partial charge in [-0.3, -0.25) is 19.9 Å². The Bertz CT molecular complexity index is 5280. The molecule has 4 heterocycles. The highest BCUT2D eigenvalue weighted by Gasteiger charge is 2.35. The van der Waals surface area contributed by atoms with Gasteiger partial charge in [0.05, 0.1) is 90.3 Å². The van der Waals surface area contributed by atoms with E-state index in [0.29, 0.717) is 0 Å². The summed E-state index contributed by atoms with van der Waals surface area (Å²) in [6, 6.07) is 68.2. The highest BCUT2D eigenvalue weighted by atomic mass is 15.2. The number of nitrogens with zero attached hydrogens (tertiary/aromatic N) is 8. The minimum Gasteiger partial charge on any atom is -0.309 e. The quantitative estimate of drug-likeness (QED) is 0.112. The Hall–Kier alpha value is -11.5. The molecule has 16 aromatic rings.